The first-order chi connectivity index (χ1) is 4.70. The molecule has 0 N–H and O–H groups in total. The van der Waals surface area contributed by atoms with Crippen molar-refractivity contribution in [3.8, 4) is 0 Å². The Morgan fingerprint density at radius 3 is 2.82 bits per heavy atom. The predicted octanol–water partition coefficient (Wildman–Crippen LogP) is -2.38. The molecule has 3 nitrogen and oxygen atoms in total. The van der Waals surface area contributed by atoms with Crippen LogP contribution in [0.1, 0.15) is 8.35 Å². The maximum Gasteiger partial charge on any atom is 1.00 e. The monoisotopic (exact) mass is 166 g/mol. The van der Waals surface area contributed by atoms with E-state index in [1.54, 1.807) is 6.92 Å². The molecule has 0 aromatic heterocycles. The zero-order valence-electron chi connectivity index (χ0n) is 7.92. The third-order valence-corrected chi connectivity index (χ3v) is 1.15. The summed E-state index contributed by atoms with van der Waals surface area (Å²) in [5.41, 5.74) is 0.431. The largest absolute Gasteiger partial charge is 1.00 e. The van der Waals surface area contributed by atoms with Crippen molar-refractivity contribution in [1.29, 1.82) is 0 Å². The van der Waals surface area contributed by atoms with Gasteiger partial charge >= 0.3 is 35.5 Å². The third-order valence-electron chi connectivity index (χ3n) is 1.15. The summed E-state index contributed by atoms with van der Waals surface area (Å²) >= 11 is 0. The van der Waals surface area contributed by atoms with Gasteiger partial charge in [-0.3, -0.25) is 0 Å². The van der Waals surface area contributed by atoms with E-state index < -0.39 is 0 Å². The second-order valence-electron chi connectivity index (χ2n) is 2.33. The molecule has 1 heterocycles. The van der Waals surface area contributed by atoms with E-state index in [4.69, 9.17) is 9.47 Å². The third kappa shape index (κ3) is 4.58. The maximum atomic E-state index is 10.7. The van der Waals surface area contributed by atoms with Gasteiger partial charge in [0.25, 0.3) is 0 Å². The SMILES string of the molecule is C=C(C)C(=O)OCC1CO1.[H-].[Na+]. The fourth-order valence-corrected chi connectivity index (χ4v) is 0.456. The molecule has 0 radical (unpaired) electrons. The molecule has 1 fully saturated rings. The molecular weight excluding hydrogens is 155 g/mol. The summed E-state index contributed by atoms with van der Waals surface area (Å²) in [6, 6.07) is 0. The molecule has 58 valence electrons. The molecule has 0 saturated carbocycles. The van der Waals surface area contributed by atoms with Crippen LogP contribution in [0, 0.1) is 0 Å². The van der Waals surface area contributed by atoms with Crippen LogP contribution in [0.5, 0.6) is 0 Å². The Labute approximate surface area is 89.5 Å². The van der Waals surface area contributed by atoms with Crippen LogP contribution in [0.2, 0.25) is 0 Å². The molecule has 0 aromatic carbocycles. The second-order valence-corrected chi connectivity index (χ2v) is 2.33. The van der Waals surface area contributed by atoms with E-state index >= 15 is 0 Å². The number of esters is 1. The first-order valence-electron chi connectivity index (χ1n) is 3.14. The topological polar surface area (TPSA) is 38.8 Å². The average molecular weight is 166 g/mol. The van der Waals surface area contributed by atoms with Crippen LogP contribution in [0.15, 0.2) is 12.2 Å². The van der Waals surface area contributed by atoms with Crippen LogP contribution in [0.25, 0.3) is 0 Å². The van der Waals surface area contributed by atoms with Crippen LogP contribution in [-0.2, 0) is 14.3 Å². The molecule has 1 unspecified atom stereocenters. The zero-order valence-corrected chi connectivity index (χ0v) is 8.92. The summed E-state index contributed by atoms with van der Waals surface area (Å²) in [5, 5.41) is 0. The number of carbonyl (C=O) groups excluding carboxylic acids is 1. The van der Waals surface area contributed by atoms with E-state index in [1.165, 1.54) is 0 Å². The van der Waals surface area contributed by atoms with Crippen LogP contribution < -0.4 is 29.6 Å². The van der Waals surface area contributed by atoms with Gasteiger partial charge in [-0.1, -0.05) is 6.58 Å². The molecule has 1 aliphatic rings. The summed E-state index contributed by atoms with van der Waals surface area (Å²) in [6.07, 6.45) is 0.142. The van der Waals surface area contributed by atoms with Gasteiger partial charge in [0, 0.05) is 5.57 Å². The van der Waals surface area contributed by atoms with Crippen LogP contribution in [0.3, 0.4) is 0 Å². The van der Waals surface area contributed by atoms with Crippen LogP contribution >= 0.6 is 0 Å². The molecule has 11 heavy (non-hydrogen) atoms. The van der Waals surface area contributed by atoms with Crippen molar-refractivity contribution >= 4 is 5.97 Å². The van der Waals surface area contributed by atoms with Crippen molar-refractivity contribution in [2.24, 2.45) is 0 Å². The molecule has 1 rings (SSSR count). The standard InChI is InChI=1S/C7H10O3.Na.H/c1-5(2)7(8)10-4-6-3-9-6;;/h6H,1,3-4H2,2H3;;/q;+1;-1. The smallest absolute Gasteiger partial charge is 1.00 e. The van der Waals surface area contributed by atoms with Crippen molar-refractivity contribution < 1.29 is 45.3 Å². The van der Waals surface area contributed by atoms with Crippen molar-refractivity contribution in [1.82, 2.24) is 0 Å². The number of rotatable bonds is 3. The van der Waals surface area contributed by atoms with E-state index in [1.807, 2.05) is 0 Å². The van der Waals surface area contributed by atoms with Gasteiger partial charge in [0.15, 0.2) is 0 Å². The summed E-state index contributed by atoms with van der Waals surface area (Å²) in [6.45, 7) is 6.14. The molecule has 0 spiro atoms. The maximum absolute atomic E-state index is 10.7. The Morgan fingerprint density at radius 1 is 1.91 bits per heavy atom. The minimum Gasteiger partial charge on any atom is -1.00 e. The van der Waals surface area contributed by atoms with Crippen molar-refractivity contribution in [3.63, 3.8) is 0 Å². The van der Waals surface area contributed by atoms with E-state index in [0.29, 0.717) is 18.8 Å². The van der Waals surface area contributed by atoms with Crippen molar-refractivity contribution in [2.75, 3.05) is 13.2 Å². The quantitative estimate of drug-likeness (QED) is 0.203. The summed E-state index contributed by atoms with van der Waals surface area (Å²) < 4.78 is 9.60. The predicted molar refractivity (Wildman–Crippen MR) is 36.6 cm³/mol. The molecule has 0 aromatic rings. The minimum atomic E-state index is -0.337. The van der Waals surface area contributed by atoms with Gasteiger partial charge in [0.05, 0.1) is 6.61 Å². The summed E-state index contributed by atoms with van der Waals surface area (Å²) in [5.74, 6) is -0.337. The van der Waals surface area contributed by atoms with Gasteiger partial charge in [0.2, 0.25) is 0 Å². The Hall–Kier alpha value is 0.170. The van der Waals surface area contributed by atoms with Gasteiger partial charge < -0.3 is 10.9 Å². The number of ether oxygens (including phenoxy) is 2. The normalized spacial score (nSPS) is 19.9. The molecular formula is C7H11NaO3. The fourth-order valence-electron chi connectivity index (χ4n) is 0.456. The average Bonchev–Trinajstić information content (AvgIpc) is 2.64. The van der Waals surface area contributed by atoms with Gasteiger partial charge in [0.1, 0.15) is 12.7 Å². The van der Waals surface area contributed by atoms with Gasteiger partial charge in [-0.2, -0.15) is 0 Å². The van der Waals surface area contributed by atoms with Crippen molar-refractivity contribution in [3.05, 3.63) is 12.2 Å². The van der Waals surface area contributed by atoms with Crippen LogP contribution in [-0.4, -0.2) is 25.3 Å². The van der Waals surface area contributed by atoms with Gasteiger partial charge in [-0.15, -0.1) is 0 Å². The first kappa shape index (κ1) is 11.2. The zero-order chi connectivity index (χ0) is 7.56. The Kier molecular flexibility index (Phi) is 5.01. The van der Waals surface area contributed by atoms with Gasteiger partial charge in [-0.05, 0) is 6.92 Å². The summed E-state index contributed by atoms with van der Waals surface area (Å²) in [7, 11) is 0. The number of hydrogen-bond donors (Lipinski definition) is 0. The van der Waals surface area contributed by atoms with Gasteiger partial charge in [-0.25, -0.2) is 4.79 Å². The van der Waals surface area contributed by atoms with Crippen molar-refractivity contribution in [2.45, 2.75) is 13.0 Å². The number of hydrogen-bond acceptors (Lipinski definition) is 3. The van der Waals surface area contributed by atoms with E-state index in [9.17, 15) is 4.79 Å². The number of carbonyl (C=O) groups is 1. The number of epoxide rings is 1. The van der Waals surface area contributed by atoms with Crippen LogP contribution in [0.4, 0.5) is 0 Å². The van der Waals surface area contributed by atoms with E-state index in [-0.39, 0.29) is 43.1 Å². The van der Waals surface area contributed by atoms with E-state index in [0.717, 1.165) is 0 Å². The molecule has 0 bridgehead atoms. The summed E-state index contributed by atoms with van der Waals surface area (Å²) in [4.78, 5) is 10.7. The molecule has 0 amide bonds. The van der Waals surface area contributed by atoms with E-state index in [2.05, 4.69) is 6.58 Å². The Bertz CT molecular complexity index is 168. The molecule has 1 aliphatic heterocycles. The second kappa shape index (κ2) is 4.93. The molecule has 4 heteroatoms. The first-order valence-corrected chi connectivity index (χ1v) is 3.14. The molecule has 0 aliphatic carbocycles. The Morgan fingerprint density at radius 2 is 2.45 bits per heavy atom. The Balaban J connectivity index is 0. The fraction of sp³-hybridized carbons (Fsp3) is 0.571. The molecule has 1 saturated heterocycles. The minimum absolute atomic E-state index is 0. The molecule has 1 atom stereocenters.